The third kappa shape index (κ3) is 4.97. The van der Waals surface area contributed by atoms with Crippen LogP contribution in [-0.4, -0.2) is 81.7 Å². The second-order valence-corrected chi connectivity index (χ2v) is 6.57. The van der Waals surface area contributed by atoms with Gasteiger partial charge in [0.05, 0.1) is 0 Å². The van der Waals surface area contributed by atoms with Crippen molar-refractivity contribution in [2.75, 3.05) is 61.9 Å². The molecular weight excluding hydrogens is 238 g/mol. The van der Waals surface area contributed by atoms with Crippen LogP contribution in [0, 0.1) is 5.41 Å². The van der Waals surface area contributed by atoms with Gasteiger partial charge in [-0.1, -0.05) is 6.08 Å². The molecule has 0 aliphatic heterocycles. The Bertz CT molecular complexity index is 346. The summed E-state index contributed by atoms with van der Waals surface area (Å²) in [5.74, 6) is 0.446. The molecule has 1 N–H and O–H groups in total. The molecule has 0 unspecified atom stereocenters. The Morgan fingerprint density at radius 1 is 1.00 bits per heavy atom. The summed E-state index contributed by atoms with van der Waals surface area (Å²) in [6, 6.07) is 0. The second-order valence-electron chi connectivity index (χ2n) is 6.57. The summed E-state index contributed by atoms with van der Waals surface area (Å²) in [6.45, 7) is 2.80. The van der Waals surface area contributed by atoms with Crippen molar-refractivity contribution >= 4 is 0 Å². The van der Waals surface area contributed by atoms with Gasteiger partial charge in [-0.05, 0) is 60.4 Å². The Morgan fingerprint density at radius 3 is 1.95 bits per heavy atom. The lowest BCUT2D eigenvalue weighted by Crippen LogP contribution is -2.42. The van der Waals surface area contributed by atoms with Crippen molar-refractivity contribution in [1.29, 1.82) is 0 Å². The monoisotopic (exact) mass is 267 g/mol. The molecule has 4 heteroatoms. The number of hydrogen-bond acceptors (Lipinski definition) is 4. The molecule has 0 saturated carbocycles. The molecule has 1 aliphatic rings. The average Bonchev–Trinajstić information content (AvgIpc) is 2.20. The van der Waals surface area contributed by atoms with Crippen molar-refractivity contribution in [1.82, 2.24) is 14.7 Å². The van der Waals surface area contributed by atoms with E-state index in [1.807, 2.05) is 20.2 Å². The topological polar surface area (TPSA) is 30.0 Å². The first kappa shape index (κ1) is 16.2. The van der Waals surface area contributed by atoms with E-state index in [1.165, 1.54) is 0 Å². The Hall–Kier alpha value is -0.840. The average molecular weight is 267 g/mol. The number of likely N-dealkylation sites (N-methyl/N-ethyl adjacent to an activating group) is 1. The van der Waals surface area contributed by atoms with Crippen LogP contribution in [0.1, 0.15) is 6.42 Å². The molecular formula is C15H29N3O. The standard InChI is InChI=1S/C15H29N3O/c1-16(2)10-13-9-15(11-17(3)4,12-18(5)6)8-7-14(13)19/h7-8,19H,9-12H2,1-6H3. The van der Waals surface area contributed by atoms with Gasteiger partial charge in [-0.3, -0.25) is 0 Å². The highest BCUT2D eigenvalue weighted by Gasteiger charge is 2.33. The summed E-state index contributed by atoms with van der Waals surface area (Å²) in [7, 11) is 12.5. The van der Waals surface area contributed by atoms with E-state index >= 15 is 0 Å². The van der Waals surface area contributed by atoms with E-state index in [9.17, 15) is 5.11 Å². The van der Waals surface area contributed by atoms with Crippen LogP contribution in [0.5, 0.6) is 0 Å². The largest absolute Gasteiger partial charge is 0.508 e. The van der Waals surface area contributed by atoms with Crippen LogP contribution in [0.15, 0.2) is 23.5 Å². The van der Waals surface area contributed by atoms with Gasteiger partial charge in [0.1, 0.15) is 5.76 Å². The lowest BCUT2D eigenvalue weighted by molar-refractivity contribution is 0.181. The molecule has 4 nitrogen and oxygen atoms in total. The van der Waals surface area contributed by atoms with E-state index in [1.54, 1.807) is 0 Å². The first-order valence-electron chi connectivity index (χ1n) is 6.78. The minimum atomic E-state index is 0.0879. The zero-order chi connectivity index (χ0) is 14.6. The maximum Gasteiger partial charge on any atom is 0.115 e. The number of aliphatic hydroxyl groups is 1. The van der Waals surface area contributed by atoms with Crippen molar-refractivity contribution < 1.29 is 5.11 Å². The smallest absolute Gasteiger partial charge is 0.115 e. The summed E-state index contributed by atoms with van der Waals surface area (Å²) in [4.78, 5) is 6.56. The summed E-state index contributed by atoms with van der Waals surface area (Å²) < 4.78 is 0. The Kier molecular flexibility index (Phi) is 5.59. The fourth-order valence-corrected chi connectivity index (χ4v) is 2.99. The molecule has 0 amide bonds. The van der Waals surface area contributed by atoms with Gasteiger partial charge in [-0.15, -0.1) is 0 Å². The number of hydrogen-bond donors (Lipinski definition) is 1. The van der Waals surface area contributed by atoms with Crippen molar-refractivity contribution in [3.05, 3.63) is 23.5 Å². The van der Waals surface area contributed by atoms with Crippen molar-refractivity contribution in [3.63, 3.8) is 0 Å². The highest BCUT2D eigenvalue weighted by atomic mass is 16.3. The lowest BCUT2D eigenvalue weighted by Gasteiger charge is -2.39. The summed E-state index contributed by atoms with van der Waals surface area (Å²) in [6.07, 6.45) is 4.99. The van der Waals surface area contributed by atoms with Crippen molar-refractivity contribution in [2.24, 2.45) is 5.41 Å². The van der Waals surface area contributed by atoms with Crippen LogP contribution in [0.3, 0.4) is 0 Å². The van der Waals surface area contributed by atoms with Gasteiger partial charge < -0.3 is 19.8 Å². The molecule has 0 atom stereocenters. The molecule has 0 fully saturated rings. The van der Waals surface area contributed by atoms with Gasteiger partial charge >= 0.3 is 0 Å². The minimum absolute atomic E-state index is 0.0879. The lowest BCUT2D eigenvalue weighted by atomic mass is 9.76. The molecule has 0 aromatic heterocycles. The van der Waals surface area contributed by atoms with E-state index in [-0.39, 0.29) is 5.41 Å². The van der Waals surface area contributed by atoms with E-state index in [0.29, 0.717) is 5.76 Å². The molecule has 0 radical (unpaired) electrons. The Morgan fingerprint density at radius 2 is 1.53 bits per heavy atom. The van der Waals surface area contributed by atoms with Gasteiger partial charge in [0.15, 0.2) is 0 Å². The number of aliphatic hydroxyl groups excluding tert-OH is 1. The maximum atomic E-state index is 10.1. The predicted molar refractivity (Wildman–Crippen MR) is 81.5 cm³/mol. The Balaban J connectivity index is 2.93. The molecule has 0 aromatic carbocycles. The molecule has 0 saturated heterocycles. The van der Waals surface area contributed by atoms with Crippen LogP contribution >= 0.6 is 0 Å². The van der Waals surface area contributed by atoms with Gasteiger partial charge in [0, 0.05) is 25.0 Å². The van der Waals surface area contributed by atoms with Gasteiger partial charge in [0.2, 0.25) is 0 Å². The molecule has 0 bridgehead atoms. The van der Waals surface area contributed by atoms with Crippen LogP contribution in [0.25, 0.3) is 0 Å². The molecule has 0 heterocycles. The number of allylic oxidation sites excluding steroid dienone is 1. The third-order valence-corrected chi connectivity index (χ3v) is 3.29. The van der Waals surface area contributed by atoms with Gasteiger partial charge in [-0.2, -0.15) is 0 Å². The third-order valence-electron chi connectivity index (χ3n) is 3.29. The SMILES string of the molecule is CN(C)CC1=C(O)C=CC(CN(C)C)(CN(C)C)C1. The normalized spacial score (nSPS) is 19.0. The molecule has 19 heavy (non-hydrogen) atoms. The molecule has 1 rings (SSSR count). The van der Waals surface area contributed by atoms with E-state index < -0.39 is 0 Å². The quantitative estimate of drug-likeness (QED) is 0.788. The fourth-order valence-electron chi connectivity index (χ4n) is 2.99. The first-order valence-corrected chi connectivity index (χ1v) is 6.78. The predicted octanol–water partition coefficient (Wildman–Crippen LogP) is 1.43. The minimum Gasteiger partial charge on any atom is -0.508 e. The summed E-state index contributed by atoms with van der Waals surface area (Å²) in [5, 5.41) is 10.1. The highest BCUT2D eigenvalue weighted by molar-refractivity contribution is 5.30. The van der Waals surface area contributed by atoms with Crippen LogP contribution in [-0.2, 0) is 0 Å². The van der Waals surface area contributed by atoms with E-state index in [2.05, 4.69) is 49.0 Å². The molecule has 110 valence electrons. The van der Waals surface area contributed by atoms with E-state index in [4.69, 9.17) is 0 Å². The summed E-state index contributed by atoms with van der Waals surface area (Å²) in [5.41, 5.74) is 1.22. The van der Waals surface area contributed by atoms with Crippen LogP contribution in [0.2, 0.25) is 0 Å². The number of nitrogens with zero attached hydrogens (tertiary/aromatic N) is 3. The van der Waals surface area contributed by atoms with Gasteiger partial charge in [-0.25, -0.2) is 0 Å². The molecule has 0 spiro atoms. The molecule has 1 aliphatic carbocycles. The highest BCUT2D eigenvalue weighted by Crippen LogP contribution is 2.35. The summed E-state index contributed by atoms with van der Waals surface area (Å²) >= 11 is 0. The van der Waals surface area contributed by atoms with Crippen LogP contribution in [0.4, 0.5) is 0 Å². The van der Waals surface area contributed by atoms with Crippen molar-refractivity contribution in [3.8, 4) is 0 Å². The maximum absolute atomic E-state index is 10.1. The van der Waals surface area contributed by atoms with E-state index in [0.717, 1.165) is 31.6 Å². The zero-order valence-corrected chi connectivity index (χ0v) is 13.3. The van der Waals surface area contributed by atoms with Crippen LogP contribution < -0.4 is 0 Å². The second kappa shape index (κ2) is 6.55. The Labute approximate surface area is 118 Å². The number of rotatable bonds is 6. The fraction of sp³-hybridized carbons (Fsp3) is 0.733. The van der Waals surface area contributed by atoms with Gasteiger partial charge in [0.25, 0.3) is 0 Å². The van der Waals surface area contributed by atoms with Crippen molar-refractivity contribution in [2.45, 2.75) is 6.42 Å². The zero-order valence-electron chi connectivity index (χ0n) is 13.3. The molecule has 0 aromatic rings. The first-order chi connectivity index (χ1) is 8.74.